The zero-order valence-electron chi connectivity index (χ0n) is 11.2. The third kappa shape index (κ3) is 4.54. The van der Waals surface area contributed by atoms with E-state index in [0.29, 0.717) is 18.9 Å². The fraction of sp³-hybridized carbons (Fsp3) is 1.00. The Kier molecular flexibility index (Phi) is 5.37. The summed E-state index contributed by atoms with van der Waals surface area (Å²) in [6.07, 6.45) is 0.710. The molecule has 2 N–H and O–H groups in total. The Morgan fingerprint density at radius 2 is 2.06 bits per heavy atom. The molecule has 102 valence electrons. The van der Waals surface area contributed by atoms with Gasteiger partial charge in [0, 0.05) is 19.1 Å². The summed E-state index contributed by atoms with van der Waals surface area (Å²) in [6.45, 7) is 6.19. The summed E-state index contributed by atoms with van der Waals surface area (Å²) in [5.41, 5.74) is 0. The van der Waals surface area contributed by atoms with Crippen molar-refractivity contribution in [3.05, 3.63) is 0 Å². The number of nitrogens with one attached hydrogen (secondary N) is 2. The highest BCUT2D eigenvalue weighted by Gasteiger charge is 2.31. The molecule has 5 nitrogen and oxygen atoms in total. The van der Waals surface area contributed by atoms with Gasteiger partial charge >= 0.3 is 0 Å². The van der Waals surface area contributed by atoms with Crippen LogP contribution >= 0.6 is 0 Å². The maximum atomic E-state index is 12.2. The topological polar surface area (TPSA) is 61.4 Å². The predicted molar refractivity (Wildman–Crippen MR) is 70.5 cm³/mol. The van der Waals surface area contributed by atoms with E-state index in [2.05, 4.69) is 10.0 Å². The highest BCUT2D eigenvalue weighted by molar-refractivity contribution is 7.90. The Balaban J connectivity index is 2.64. The lowest BCUT2D eigenvalue weighted by Gasteiger charge is -2.26. The van der Waals surface area contributed by atoms with Gasteiger partial charge in [-0.3, -0.25) is 0 Å². The summed E-state index contributed by atoms with van der Waals surface area (Å²) < 4.78 is 27.2. The Morgan fingerprint density at radius 3 is 2.47 bits per heavy atom. The van der Waals surface area contributed by atoms with Crippen molar-refractivity contribution < 1.29 is 8.42 Å². The van der Waals surface area contributed by atoms with Crippen LogP contribution in [0, 0.1) is 5.92 Å². The average molecular weight is 263 g/mol. The van der Waals surface area contributed by atoms with Crippen LogP contribution in [0.2, 0.25) is 0 Å². The summed E-state index contributed by atoms with van der Waals surface area (Å²) in [6, 6.07) is -0.0180. The van der Waals surface area contributed by atoms with Gasteiger partial charge < -0.3 is 10.2 Å². The molecule has 1 fully saturated rings. The highest BCUT2D eigenvalue weighted by Crippen LogP contribution is 2.12. The van der Waals surface area contributed by atoms with Crippen molar-refractivity contribution in [3.8, 4) is 0 Å². The van der Waals surface area contributed by atoms with Crippen LogP contribution in [-0.4, -0.2) is 58.3 Å². The molecular weight excluding hydrogens is 238 g/mol. The molecule has 0 aromatic carbocycles. The Labute approximate surface area is 105 Å². The third-order valence-corrected chi connectivity index (χ3v) is 5.05. The van der Waals surface area contributed by atoms with Crippen molar-refractivity contribution in [1.29, 1.82) is 0 Å². The van der Waals surface area contributed by atoms with Crippen LogP contribution in [0.5, 0.6) is 0 Å². The molecular formula is C11H25N3O2S. The van der Waals surface area contributed by atoms with Crippen LogP contribution in [0.1, 0.15) is 20.3 Å². The monoisotopic (exact) mass is 263 g/mol. The van der Waals surface area contributed by atoms with E-state index in [0.717, 1.165) is 13.1 Å². The van der Waals surface area contributed by atoms with E-state index in [9.17, 15) is 8.42 Å². The van der Waals surface area contributed by atoms with Gasteiger partial charge in [-0.25, -0.2) is 13.1 Å². The Morgan fingerprint density at radius 1 is 1.41 bits per heavy atom. The van der Waals surface area contributed by atoms with Crippen LogP contribution in [0.15, 0.2) is 0 Å². The summed E-state index contributed by atoms with van der Waals surface area (Å²) in [7, 11) is 0.729. The fourth-order valence-electron chi connectivity index (χ4n) is 1.98. The molecule has 1 rings (SSSR count). The van der Waals surface area contributed by atoms with Crippen LogP contribution in [0.3, 0.4) is 0 Å². The van der Waals surface area contributed by atoms with Crippen molar-refractivity contribution in [2.75, 3.05) is 33.7 Å². The van der Waals surface area contributed by atoms with E-state index >= 15 is 0 Å². The number of likely N-dealkylation sites (N-methyl/N-ethyl adjacent to an activating group) is 1. The standard InChI is InChI=1S/C11H25N3O2S/c1-9(2)11(8-14(3)4)13-17(15,16)10-5-6-12-7-10/h9-13H,5-8H2,1-4H3. The largest absolute Gasteiger partial charge is 0.315 e. The maximum Gasteiger partial charge on any atom is 0.216 e. The summed E-state index contributed by atoms with van der Waals surface area (Å²) in [4.78, 5) is 2.01. The highest BCUT2D eigenvalue weighted by atomic mass is 32.2. The minimum atomic E-state index is -3.19. The smallest absolute Gasteiger partial charge is 0.216 e. The number of rotatable bonds is 6. The lowest BCUT2D eigenvalue weighted by Crippen LogP contribution is -2.48. The second-order valence-corrected chi connectivity index (χ2v) is 7.38. The van der Waals surface area contributed by atoms with Crippen molar-refractivity contribution in [1.82, 2.24) is 14.9 Å². The summed E-state index contributed by atoms with van der Waals surface area (Å²) in [5.74, 6) is 0.293. The van der Waals surface area contributed by atoms with Gasteiger partial charge in [0.05, 0.1) is 5.25 Å². The van der Waals surface area contributed by atoms with Crippen molar-refractivity contribution >= 4 is 10.0 Å². The summed E-state index contributed by atoms with van der Waals surface area (Å²) >= 11 is 0. The molecule has 0 saturated carbocycles. The van der Waals surface area contributed by atoms with Gasteiger partial charge in [0.25, 0.3) is 0 Å². The molecule has 2 atom stereocenters. The first-order valence-electron chi connectivity index (χ1n) is 6.19. The van der Waals surface area contributed by atoms with Gasteiger partial charge in [-0.15, -0.1) is 0 Å². The Bertz CT molecular complexity index is 322. The van der Waals surface area contributed by atoms with Crippen molar-refractivity contribution in [3.63, 3.8) is 0 Å². The molecule has 1 heterocycles. The van der Waals surface area contributed by atoms with E-state index in [-0.39, 0.29) is 11.3 Å². The molecule has 0 aromatic heterocycles. The zero-order valence-corrected chi connectivity index (χ0v) is 12.0. The normalized spacial score (nSPS) is 23.5. The van der Waals surface area contributed by atoms with Gasteiger partial charge in [0.15, 0.2) is 0 Å². The maximum absolute atomic E-state index is 12.2. The van der Waals surface area contributed by atoms with Crippen molar-refractivity contribution in [2.24, 2.45) is 5.92 Å². The van der Waals surface area contributed by atoms with Crippen LogP contribution in [0.4, 0.5) is 0 Å². The van der Waals surface area contributed by atoms with Gasteiger partial charge in [-0.1, -0.05) is 13.8 Å². The van der Waals surface area contributed by atoms with E-state index in [1.165, 1.54) is 0 Å². The molecule has 1 saturated heterocycles. The van der Waals surface area contributed by atoms with E-state index < -0.39 is 10.0 Å². The lowest BCUT2D eigenvalue weighted by atomic mass is 10.1. The fourth-order valence-corrected chi connectivity index (χ4v) is 3.70. The quantitative estimate of drug-likeness (QED) is 0.700. The van der Waals surface area contributed by atoms with Crippen LogP contribution in [-0.2, 0) is 10.0 Å². The molecule has 2 unspecified atom stereocenters. The van der Waals surface area contributed by atoms with E-state index in [4.69, 9.17) is 0 Å². The van der Waals surface area contributed by atoms with Crippen LogP contribution in [0.25, 0.3) is 0 Å². The van der Waals surface area contributed by atoms with Gasteiger partial charge in [0.2, 0.25) is 10.0 Å². The Hall–Kier alpha value is -0.170. The number of hydrogen-bond acceptors (Lipinski definition) is 4. The average Bonchev–Trinajstić information content (AvgIpc) is 2.68. The first-order valence-corrected chi connectivity index (χ1v) is 7.74. The minimum absolute atomic E-state index is 0.0180. The zero-order chi connectivity index (χ0) is 13.1. The lowest BCUT2D eigenvalue weighted by molar-refractivity contribution is 0.314. The first kappa shape index (κ1) is 14.9. The minimum Gasteiger partial charge on any atom is -0.315 e. The SMILES string of the molecule is CC(C)C(CN(C)C)NS(=O)(=O)C1CCNC1. The van der Waals surface area contributed by atoms with Gasteiger partial charge in [-0.05, 0) is 33.0 Å². The second kappa shape index (κ2) is 6.13. The molecule has 6 heteroatoms. The van der Waals surface area contributed by atoms with Gasteiger partial charge in [0.1, 0.15) is 0 Å². The molecule has 1 aliphatic rings. The number of sulfonamides is 1. The first-order chi connectivity index (χ1) is 7.83. The predicted octanol–water partition coefficient (Wildman–Crippen LogP) is -0.146. The second-order valence-electron chi connectivity index (χ2n) is 5.39. The summed E-state index contributed by atoms with van der Waals surface area (Å²) in [5, 5.41) is 2.82. The van der Waals surface area contributed by atoms with E-state index in [1.807, 2.05) is 32.8 Å². The molecule has 17 heavy (non-hydrogen) atoms. The molecule has 0 spiro atoms. The molecule has 0 amide bonds. The number of nitrogens with zero attached hydrogens (tertiary/aromatic N) is 1. The number of hydrogen-bond donors (Lipinski definition) is 2. The molecule has 0 aromatic rings. The molecule has 0 bridgehead atoms. The van der Waals surface area contributed by atoms with Gasteiger partial charge in [-0.2, -0.15) is 0 Å². The van der Waals surface area contributed by atoms with Crippen LogP contribution < -0.4 is 10.0 Å². The van der Waals surface area contributed by atoms with E-state index in [1.54, 1.807) is 0 Å². The molecule has 1 aliphatic heterocycles. The molecule has 0 aliphatic carbocycles. The third-order valence-electron chi connectivity index (χ3n) is 3.14. The molecule has 0 radical (unpaired) electrons. The van der Waals surface area contributed by atoms with Crippen molar-refractivity contribution in [2.45, 2.75) is 31.6 Å².